The highest BCUT2D eigenvalue weighted by Gasteiger charge is 2.06. The number of nitrogens with zero attached hydrogens (tertiary/aromatic N) is 2. The lowest BCUT2D eigenvalue weighted by molar-refractivity contribution is 0.627. The van der Waals surface area contributed by atoms with Crippen molar-refractivity contribution >= 4 is 11.6 Å². The van der Waals surface area contributed by atoms with Crippen LogP contribution in [0.3, 0.4) is 0 Å². The number of imidazole rings is 1. The Morgan fingerprint density at radius 2 is 2.06 bits per heavy atom. The van der Waals surface area contributed by atoms with Gasteiger partial charge in [0.25, 0.3) is 0 Å². The van der Waals surface area contributed by atoms with Gasteiger partial charge in [-0.25, -0.2) is 9.37 Å². The fourth-order valence-corrected chi connectivity index (χ4v) is 2.00. The third-order valence-corrected chi connectivity index (χ3v) is 2.66. The third kappa shape index (κ3) is 2.88. The van der Waals surface area contributed by atoms with Crippen molar-refractivity contribution < 1.29 is 4.39 Å². The molecular weight excluding hydrogens is 229 g/mol. The molecule has 0 aliphatic rings. The molecule has 3 nitrogen and oxygen atoms in total. The van der Waals surface area contributed by atoms with Crippen LogP contribution < -0.4 is 5.32 Å². The Morgan fingerprint density at radius 3 is 2.72 bits per heavy atom. The predicted molar refractivity (Wildman–Crippen MR) is 71.7 cm³/mol. The summed E-state index contributed by atoms with van der Waals surface area (Å²) in [6.45, 7) is 6.84. The summed E-state index contributed by atoms with van der Waals surface area (Å²) in [5.74, 6) is 0.530. The number of hydrogen-bond donors (Lipinski definition) is 1. The molecule has 0 fully saturated rings. The van der Waals surface area contributed by atoms with Gasteiger partial charge in [-0.05, 0) is 44.0 Å². The minimum absolute atomic E-state index is 0.234. The molecule has 1 aromatic carbocycles. The second kappa shape index (κ2) is 5.21. The van der Waals surface area contributed by atoms with E-state index in [4.69, 9.17) is 0 Å². The van der Waals surface area contributed by atoms with Crippen molar-refractivity contribution in [3.8, 4) is 0 Å². The number of benzene rings is 1. The maximum atomic E-state index is 13.3. The van der Waals surface area contributed by atoms with Crippen LogP contribution in [0.5, 0.6) is 0 Å². The van der Waals surface area contributed by atoms with E-state index >= 15 is 0 Å². The molecule has 2 rings (SSSR count). The zero-order valence-corrected chi connectivity index (χ0v) is 11.0. The molecular formula is C14H18FN3. The molecule has 4 heteroatoms. The molecule has 0 saturated carbocycles. The van der Waals surface area contributed by atoms with Crippen molar-refractivity contribution in [3.05, 3.63) is 41.5 Å². The van der Waals surface area contributed by atoms with Crippen molar-refractivity contribution in [3.63, 3.8) is 0 Å². The van der Waals surface area contributed by atoms with Gasteiger partial charge in [-0.3, -0.25) is 0 Å². The van der Waals surface area contributed by atoms with Crippen LogP contribution in [-0.4, -0.2) is 9.55 Å². The smallest absolute Gasteiger partial charge is 0.207 e. The van der Waals surface area contributed by atoms with E-state index in [1.807, 2.05) is 26.1 Å². The van der Waals surface area contributed by atoms with Crippen LogP contribution in [0.4, 0.5) is 16.0 Å². The maximum Gasteiger partial charge on any atom is 0.207 e. The molecule has 0 radical (unpaired) electrons. The number of nitrogens with one attached hydrogen (secondary N) is 1. The topological polar surface area (TPSA) is 29.9 Å². The highest BCUT2D eigenvalue weighted by Crippen LogP contribution is 2.19. The standard InChI is InChI=1S/C14H18FN3/c1-4-5-18-9-11(3)16-14(18)17-13-7-10(2)6-12(15)8-13/h6-9H,4-5H2,1-3H3,(H,16,17). The molecule has 0 aliphatic carbocycles. The van der Waals surface area contributed by atoms with Gasteiger partial charge in [-0.1, -0.05) is 6.92 Å². The lowest BCUT2D eigenvalue weighted by Gasteiger charge is -2.09. The summed E-state index contributed by atoms with van der Waals surface area (Å²) in [4.78, 5) is 4.41. The largest absolute Gasteiger partial charge is 0.325 e. The summed E-state index contributed by atoms with van der Waals surface area (Å²) in [7, 11) is 0. The van der Waals surface area contributed by atoms with E-state index in [1.165, 1.54) is 12.1 Å². The average Bonchev–Trinajstić information content (AvgIpc) is 2.58. The first kappa shape index (κ1) is 12.6. The minimum Gasteiger partial charge on any atom is -0.325 e. The molecule has 0 spiro atoms. The van der Waals surface area contributed by atoms with Crippen LogP contribution in [-0.2, 0) is 6.54 Å². The number of aryl methyl sites for hydroxylation is 3. The first-order chi connectivity index (χ1) is 8.58. The lowest BCUT2D eigenvalue weighted by atomic mass is 10.2. The number of rotatable bonds is 4. The van der Waals surface area contributed by atoms with Crippen LogP contribution >= 0.6 is 0 Å². The Kier molecular flexibility index (Phi) is 3.65. The van der Waals surface area contributed by atoms with Gasteiger partial charge < -0.3 is 9.88 Å². The first-order valence-electron chi connectivity index (χ1n) is 6.16. The summed E-state index contributed by atoms with van der Waals surface area (Å²) < 4.78 is 15.4. The van der Waals surface area contributed by atoms with Gasteiger partial charge in [0, 0.05) is 18.4 Å². The molecule has 0 atom stereocenters. The van der Waals surface area contributed by atoms with Crippen molar-refractivity contribution in [2.45, 2.75) is 33.7 Å². The third-order valence-electron chi connectivity index (χ3n) is 2.66. The van der Waals surface area contributed by atoms with Gasteiger partial charge in [-0.2, -0.15) is 0 Å². The number of halogens is 1. The van der Waals surface area contributed by atoms with Crippen molar-refractivity contribution in [1.29, 1.82) is 0 Å². The van der Waals surface area contributed by atoms with Crippen molar-refractivity contribution in [1.82, 2.24) is 9.55 Å². The Morgan fingerprint density at radius 1 is 1.28 bits per heavy atom. The van der Waals surface area contributed by atoms with E-state index in [2.05, 4.69) is 21.8 Å². The molecule has 0 amide bonds. The maximum absolute atomic E-state index is 13.3. The van der Waals surface area contributed by atoms with E-state index in [1.54, 1.807) is 0 Å². The van der Waals surface area contributed by atoms with Gasteiger partial charge in [-0.15, -0.1) is 0 Å². The van der Waals surface area contributed by atoms with Crippen LogP contribution in [0.25, 0.3) is 0 Å². The van der Waals surface area contributed by atoms with Crippen LogP contribution in [0.2, 0.25) is 0 Å². The first-order valence-corrected chi connectivity index (χ1v) is 6.16. The molecule has 96 valence electrons. The monoisotopic (exact) mass is 247 g/mol. The highest BCUT2D eigenvalue weighted by atomic mass is 19.1. The second-order valence-electron chi connectivity index (χ2n) is 4.54. The number of hydrogen-bond acceptors (Lipinski definition) is 2. The second-order valence-corrected chi connectivity index (χ2v) is 4.54. The minimum atomic E-state index is -0.234. The van der Waals surface area contributed by atoms with Crippen LogP contribution in [0, 0.1) is 19.7 Å². The van der Waals surface area contributed by atoms with Gasteiger partial charge in [0.2, 0.25) is 5.95 Å². The summed E-state index contributed by atoms with van der Waals surface area (Å²) >= 11 is 0. The zero-order valence-electron chi connectivity index (χ0n) is 11.0. The Balaban J connectivity index is 2.27. The van der Waals surface area contributed by atoms with Gasteiger partial charge in [0.15, 0.2) is 0 Å². The molecule has 0 saturated heterocycles. The van der Waals surface area contributed by atoms with Crippen LogP contribution in [0.1, 0.15) is 24.6 Å². The van der Waals surface area contributed by atoms with E-state index in [9.17, 15) is 4.39 Å². The molecule has 1 N–H and O–H groups in total. The quantitative estimate of drug-likeness (QED) is 0.890. The Hall–Kier alpha value is -1.84. The summed E-state index contributed by atoms with van der Waals surface area (Å²) in [6, 6.07) is 4.89. The number of anilines is 2. The molecule has 1 heterocycles. The van der Waals surface area contributed by atoms with Gasteiger partial charge in [0.05, 0.1) is 5.69 Å². The summed E-state index contributed by atoms with van der Waals surface area (Å²) in [6.07, 6.45) is 3.03. The van der Waals surface area contributed by atoms with E-state index < -0.39 is 0 Å². The highest BCUT2D eigenvalue weighted by molar-refractivity contribution is 5.55. The lowest BCUT2D eigenvalue weighted by Crippen LogP contribution is -2.03. The van der Waals surface area contributed by atoms with Crippen LogP contribution in [0.15, 0.2) is 24.4 Å². The van der Waals surface area contributed by atoms with Gasteiger partial charge >= 0.3 is 0 Å². The molecule has 0 bridgehead atoms. The molecule has 1 aromatic heterocycles. The summed E-state index contributed by atoms with van der Waals surface area (Å²) in [5.41, 5.74) is 2.58. The molecule has 2 aromatic rings. The van der Waals surface area contributed by atoms with Gasteiger partial charge in [0.1, 0.15) is 5.82 Å². The normalized spacial score (nSPS) is 10.7. The molecule has 0 unspecified atom stereocenters. The molecule has 18 heavy (non-hydrogen) atoms. The van der Waals surface area contributed by atoms with E-state index in [0.717, 1.165) is 35.9 Å². The zero-order chi connectivity index (χ0) is 13.1. The van der Waals surface area contributed by atoms with E-state index in [0.29, 0.717) is 0 Å². The molecule has 0 aliphatic heterocycles. The predicted octanol–water partition coefficient (Wildman–Crippen LogP) is 3.79. The van der Waals surface area contributed by atoms with E-state index in [-0.39, 0.29) is 5.82 Å². The fourth-order valence-electron chi connectivity index (χ4n) is 2.00. The Bertz CT molecular complexity index is 526. The van der Waals surface area contributed by atoms with Crippen molar-refractivity contribution in [2.24, 2.45) is 0 Å². The average molecular weight is 247 g/mol. The van der Waals surface area contributed by atoms with Crippen molar-refractivity contribution in [2.75, 3.05) is 5.32 Å². The SMILES string of the molecule is CCCn1cc(C)nc1Nc1cc(C)cc(F)c1. The Labute approximate surface area is 107 Å². The fraction of sp³-hybridized carbons (Fsp3) is 0.357. The number of aromatic nitrogens is 2. The summed E-state index contributed by atoms with van der Waals surface area (Å²) in [5, 5.41) is 3.17.